The molecule has 4 heteroatoms. The summed E-state index contributed by atoms with van der Waals surface area (Å²) in [7, 11) is 1.78. The molecule has 0 unspecified atom stereocenters. The van der Waals surface area contributed by atoms with Crippen LogP contribution in [0.25, 0.3) is 0 Å². The normalized spacial score (nSPS) is 20.4. The summed E-state index contributed by atoms with van der Waals surface area (Å²) in [4.78, 5) is 5.12. The van der Waals surface area contributed by atoms with Crippen molar-refractivity contribution >= 4 is 0 Å². The molecular formula is C15H33N3O. The third-order valence-corrected chi connectivity index (χ3v) is 4.44. The molecule has 0 amide bonds. The van der Waals surface area contributed by atoms with Gasteiger partial charge in [0.1, 0.15) is 0 Å². The molecule has 1 saturated heterocycles. The van der Waals surface area contributed by atoms with Gasteiger partial charge in [0.25, 0.3) is 0 Å². The minimum Gasteiger partial charge on any atom is -0.383 e. The standard InChI is InChI=1S/C15H33N3O/c1-5-17-8-6-15(13-16,7-9-17)18(10-11-19-4)12-14(2)3/h14H,5-13,16H2,1-4H3. The smallest absolute Gasteiger partial charge is 0.0589 e. The van der Waals surface area contributed by atoms with E-state index in [4.69, 9.17) is 10.5 Å². The van der Waals surface area contributed by atoms with Crippen LogP contribution in [0.2, 0.25) is 0 Å². The van der Waals surface area contributed by atoms with Crippen molar-refractivity contribution in [3.63, 3.8) is 0 Å². The van der Waals surface area contributed by atoms with Crippen molar-refractivity contribution in [1.82, 2.24) is 9.80 Å². The van der Waals surface area contributed by atoms with E-state index in [-0.39, 0.29) is 5.54 Å². The van der Waals surface area contributed by atoms with Crippen LogP contribution >= 0.6 is 0 Å². The highest BCUT2D eigenvalue weighted by molar-refractivity contribution is 4.96. The van der Waals surface area contributed by atoms with Gasteiger partial charge in [0.05, 0.1) is 6.61 Å². The first-order chi connectivity index (χ1) is 9.07. The summed E-state index contributed by atoms with van der Waals surface area (Å²) in [6, 6.07) is 0. The van der Waals surface area contributed by atoms with Crippen molar-refractivity contribution in [1.29, 1.82) is 0 Å². The van der Waals surface area contributed by atoms with E-state index in [1.165, 1.54) is 25.9 Å². The minimum absolute atomic E-state index is 0.189. The second-order valence-corrected chi connectivity index (χ2v) is 6.20. The SMILES string of the molecule is CCN1CCC(CN)(N(CCOC)CC(C)C)CC1. The predicted octanol–water partition coefficient (Wildman–Crippen LogP) is 1.40. The van der Waals surface area contributed by atoms with Crippen molar-refractivity contribution in [2.24, 2.45) is 11.7 Å². The molecule has 1 aliphatic heterocycles. The van der Waals surface area contributed by atoms with Gasteiger partial charge in [0.2, 0.25) is 0 Å². The Balaban J connectivity index is 2.70. The monoisotopic (exact) mass is 271 g/mol. The Morgan fingerprint density at radius 3 is 2.37 bits per heavy atom. The van der Waals surface area contributed by atoms with Crippen LogP contribution in [0.15, 0.2) is 0 Å². The van der Waals surface area contributed by atoms with E-state index >= 15 is 0 Å². The fourth-order valence-corrected chi connectivity index (χ4v) is 3.10. The highest BCUT2D eigenvalue weighted by Crippen LogP contribution is 2.28. The van der Waals surface area contributed by atoms with Crippen LogP contribution in [0.1, 0.15) is 33.6 Å². The number of nitrogens with two attached hydrogens (primary N) is 1. The molecule has 0 saturated carbocycles. The van der Waals surface area contributed by atoms with Crippen molar-refractivity contribution in [3.05, 3.63) is 0 Å². The molecule has 1 fully saturated rings. The fourth-order valence-electron chi connectivity index (χ4n) is 3.10. The van der Waals surface area contributed by atoms with Gasteiger partial charge in [-0.3, -0.25) is 4.90 Å². The maximum absolute atomic E-state index is 6.17. The number of methoxy groups -OCH3 is 1. The van der Waals surface area contributed by atoms with Crippen molar-refractivity contribution in [2.75, 3.05) is 53.0 Å². The summed E-state index contributed by atoms with van der Waals surface area (Å²) in [6.45, 7) is 14.0. The molecule has 0 spiro atoms. The van der Waals surface area contributed by atoms with Gasteiger partial charge in [-0.2, -0.15) is 0 Å². The lowest BCUT2D eigenvalue weighted by atomic mass is 9.85. The van der Waals surface area contributed by atoms with E-state index in [9.17, 15) is 0 Å². The lowest BCUT2D eigenvalue weighted by Crippen LogP contribution is -2.60. The molecule has 1 heterocycles. The molecule has 1 aliphatic rings. The largest absolute Gasteiger partial charge is 0.383 e. The number of nitrogens with zero attached hydrogens (tertiary/aromatic N) is 2. The number of piperidine rings is 1. The topological polar surface area (TPSA) is 41.7 Å². The average Bonchev–Trinajstić information content (AvgIpc) is 2.43. The van der Waals surface area contributed by atoms with Gasteiger partial charge in [0, 0.05) is 32.3 Å². The molecule has 0 aliphatic carbocycles. The molecule has 0 aromatic carbocycles. The Morgan fingerprint density at radius 2 is 1.95 bits per heavy atom. The summed E-state index contributed by atoms with van der Waals surface area (Å²) in [6.07, 6.45) is 2.38. The van der Waals surface area contributed by atoms with E-state index in [1.54, 1.807) is 7.11 Å². The van der Waals surface area contributed by atoms with E-state index in [1.807, 2.05) is 0 Å². The second-order valence-electron chi connectivity index (χ2n) is 6.20. The van der Waals surface area contributed by atoms with Crippen LogP contribution in [-0.4, -0.2) is 68.3 Å². The van der Waals surface area contributed by atoms with Crippen LogP contribution < -0.4 is 5.73 Å². The maximum atomic E-state index is 6.17. The Hall–Kier alpha value is -0.160. The van der Waals surface area contributed by atoms with Crippen molar-refractivity contribution < 1.29 is 4.74 Å². The highest BCUT2D eigenvalue weighted by Gasteiger charge is 2.38. The summed E-state index contributed by atoms with van der Waals surface area (Å²) in [5, 5.41) is 0. The summed E-state index contributed by atoms with van der Waals surface area (Å²) in [5.74, 6) is 0.671. The van der Waals surface area contributed by atoms with E-state index in [0.29, 0.717) is 5.92 Å². The third-order valence-electron chi connectivity index (χ3n) is 4.44. The van der Waals surface area contributed by atoms with E-state index in [2.05, 4.69) is 30.6 Å². The molecule has 114 valence electrons. The summed E-state index contributed by atoms with van der Waals surface area (Å²) < 4.78 is 5.28. The predicted molar refractivity (Wildman–Crippen MR) is 81.4 cm³/mol. The molecule has 2 N–H and O–H groups in total. The Labute approximate surface area is 119 Å². The zero-order chi connectivity index (χ0) is 14.3. The molecule has 0 radical (unpaired) electrons. The van der Waals surface area contributed by atoms with Gasteiger partial charge in [0.15, 0.2) is 0 Å². The van der Waals surface area contributed by atoms with Crippen LogP contribution in [0.4, 0.5) is 0 Å². The third kappa shape index (κ3) is 4.71. The van der Waals surface area contributed by atoms with Gasteiger partial charge in [-0.25, -0.2) is 0 Å². The lowest BCUT2D eigenvalue weighted by molar-refractivity contribution is 0.00498. The number of hydrogen-bond donors (Lipinski definition) is 1. The quantitative estimate of drug-likeness (QED) is 0.725. The van der Waals surface area contributed by atoms with Gasteiger partial charge in [-0.1, -0.05) is 20.8 Å². The first kappa shape index (κ1) is 16.9. The van der Waals surface area contributed by atoms with E-state index < -0.39 is 0 Å². The second kappa shape index (κ2) is 8.20. The molecular weight excluding hydrogens is 238 g/mol. The zero-order valence-electron chi connectivity index (χ0n) is 13.3. The lowest BCUT2D eigenvalue weighted by Gasteiger charge is -2.49. The molecule has 0 aromatic heterocycles. The minimum atomic E-state index is 0.189. The number of hydrogen-bond acceptors (Lipinski definition) is 4. The van der Waals surface area contributed by atoms with Gasteiger partial charge in [-0.15, -0.1) is 0 Å². The molecule has 19 heavy (non-hydrogen) atoms. The van der Waals surface area contributed by atoms with E-state index in [0.717, 1.165) is 32.8 Å². The molecule has 4 nitrogen and oxygen atoms in total. The van der Waals surface area contributed by atoms with Gasteiger partial charge < -0.3 is 15.4 Å². The van der Waals surface area contributed by atoms with Crippen molar-refractivity contribution in [3.8, 4) is 0 Å². The molecule has 1 rings (SSSR count). The molecule has 0 bridgehead atoms. The highest BCUT2D eigenvalue weighted by atomic mass is 16.5. The maximum Gasteiger partial charge on any atom is 0.0589 e. The Kier molecular flexibility index (Phi) is 7.29. The van der Waals surface area contributed by atoms with Crippen LogP contribution in [-0.2, 0) is 4.74 Å². The molecule has 0 aromatic rings. The number of rotatable bonds is 8. The zero-order valence-corrected chi connectivity index (χ0v) is 13.3. The number of ether oxygens (including phenoxy) is 1. The molecule has 0 atom stereocenters. The van der Waals surface area contributed by atoms with Crippen molar-refractivity contribution in [2.45, 2.75) is 39.2 Å². The van der Waals surface area contributed by atoms with Crippen LogP contribution in [0, 0.1) is 5.92 Å². The number of likely N-dealkylation sites (tertiary alicyclic amines) is 1. The summed E-state index contributed by atoms with van der Waals surface area (Å²) in [5.41, 5.74) is 6.36. The first-order valence-electron chi connectivity index (χ1n) is 7.74. The fraction of sp³-hybridized carbons (Fsp3) is 1.00. The Morgan fingerprint density at radius 1 is 1.32 bits per heavy atom. The first-order valence-corrected chi connectivity index (χ1v) is 7.74. The van der Waals surface area contributed by atoms with Gasteiger partial charge in [-0.05, 0) is 38.4 Å². The van der Waals surface area contributed by atoms with Crippen LogP contribution in [0.5, 0.6) is 0 Å². The average molecular weight is 271 g/mol. The van der Waals surface area contributed by atoms with Crippen LogP contribution in [0.3, 0.4) is 0 Å². The van der Waals surface area contributed by atoms with Gasteiger partial charge >= 0.3 is 0 Å². The summed E-state index contributed by atoms with van der Waals surface area (Å²) >= 11 is 0. The Bertz CT molecular complexity index is 238.